The summed E-state index contributed by atoms with van der Waals surface area (Å²) in [4.78, 5) is 4.29. The average molecular weight is 336 g/mol. The van der Waals surface area contributed by atoms with E-state index in [4.69, 9.17) is 0 Å². The first-order chi connectivity index (χ1) is 11.5. The van der Waals surface area contributed by atoms with Crippen molar-refractivity contribution >= 4 is 5.82 Å². The Morgan fingerprint density at radius 3 is 2.25 bits per heavy atom. The van der Waals surface area contributed by atoms with E-state index in [0.29, 0.717) is 11.4 Å². The summed E-state index contributed by atoms with van der Waals surface area (Å²) >= 11 is 0. The molecule has 128 valence electrons. The Kier molecular flexibility index (Phi) is 4.71. The van der Waals surface area contributed by atoms with Crippen LogP contribution in [0.1, 0.15) is 12.6 Å². The lowest BCUT2D eigenvalue weighted by Crippen LogP contribution is -2.46. The highest BCUT2D eigenvalue weighted by Crippen LogP contribution is 2.36. The first-order valence-electron chi connectivity index (χ1n) is 7.96. The molecule has 1 aliphatic rings. The smallest absolute Gasteiger partial charge is 0.353 e. The number of aromatic nitrogens is 2. The second-order valence-electron chi connectivity index (χ2n) is 5.75. The first kappa shape index (κ1) is 16.7. The lowest BCUT2D eigenvalue weighted by molar-refractivity contribution is -0.141. The van der Waals surface area contributed by atoms with Gasteiger partial charge in [0.25, 0.3) is 0 Å². The fraction of sp³-hybridized carbons (Fsp3) is 0.412. The maximum Gasteiger partial charge on any atom is 0.435 e. The number of hydrogen-bond donors (Lipinski definition) is 0. The molecule has 0 spiro atoms. The first-order valence-corrected chi connectivity index (χ1v) is 7.96. The van der Waals surface area contributed by atoms with Crippen LogP contribution in [0, 0.1) is 0 Å². The number of halogens is 3. The Hall–Kier alpha value is -2.15. The van der Waals surface area contributed by atoms with Crippen LogP contribution in [-0.2, 0) is 6.18 Å². The molecule has 1 aliphatic heterocycles. The summed E-state index contributed by atoms with van der Waals surface area (Å²) in [6, 6.07) is 10.0. The summed E-state index contributed by atoms with van der Waals surface area (Å²) in [6.07, 6.45) is -4.53. The molecule has 0 atom stereocenters. The van der Waals surface area contributed by atoms with Gasteiger partial charge in [0.15, 0.2) is 11.5 Å². The van der Waals surface area contributed by atoms with Gasteiger partial charge in [-0.2, -0.15) is 13.2 Å². The Morgan fingerprint density at radius 1 is 1.00 bits per heavy atom. The van der Waals surface area contributed by atoms with Crippen molar-refractivity contribution in [3.05, 3.63) is 42.1 Å². The third-order valence-corrected chi connectivity index (χ3v) is 4.28. The molecular formula is C17H19F3N4. The topological polar surface area (TPSA) is 32.3 Å². The standard InChI is InChI=1S/C17H19F3N4/c1-2-23-8-10-24(11-9-23)15-12-14(13-6-4-3-5-7-13)16(22-21-15)17(18,19)20/h3-7,12H,2,8-11H2,1H3. The number of likely N-dealkylation sites (N-methyl/N-ethyl adjacent to an activating group) is 1. The van der Waals surface area contributed by atoms with Gasteiger partial charge in [-0.3, -0.25) is 0 Å². The van der Waals surface area contributed by atoms with E-state index in [2.05, 4.69) is 22.0 Å². The number of anilines is 1. The zero-order valence-corrected chi connectivity index (χ0v) is 13.4. The Balaban J connectivity index is 1.96. The quantitative estimate of drug-likeness (QED) is 0.861. The van der Waals surface area contributed by atoms with Crippen LogP contribution >= 0.6 is 0 Å². The molecule has 1 aromatic heterocycles. The van der Waals surface area contributed by atoms with Crippen LogP contribution in [-0.4, -0.2) is 47.8 Å². The Morgan fingerprint density at radius 2 is 1.67 bits per heavy atom. The largest absolute Gasteiger partial charge is 0.435 e. The third kappa shape index (κ3) is 3.51. The summed E-state index contributed by atoms with van der Waals surface area (Å²) in [5.41, 5.74) is -0.371. The predicted octanol–water partition coefficient (Wildman–Crippen LogP) is 3.30. The number of nitrogens with zero attached hydrogens (tertiary/aromatic N) is 4. The molecule has 7 heteroatoms. The van der Waals surface area contributed by atoms with Crippen LogP contribution in [0.15, 0.2) is 36.4 Å². The van der Waals surface area contributed by atoms with Gasteiger partial charge < -0.3 is 9.80 Å². The zero-order valence-electron chi connectivity index (χ0n) is 13.4. The molecule has 0 radical (unpaired) electrons. The van der Waals surface area contributed by atoms with Gasteiger partial charge in [-0.25, -0.2) is 0 Å². The lowest BCUT2D eigenvalue weighted by atomic mass is 10.0. The minimum atomic E-state index is -4.53. The molecule has 0 aliphatic carbocycles. The number of rotatable bonds is 3. The van der Waals surface area contributed by atoms with Crippen LogP contribution in [0.5, 0.6) is 0 Å². The van der Waals surface area contributed by atoms with E-state index < -0.39 is 11.9 Å². The number of hydrogen-bond acceptors (Lipinski definition) is 4. The highest BCUT2D eigenvalue weighted by Gasteiger charge is 2.37. The van der Waals surface area contributed by atoms with Gasteiger partial charge in [0.1, 0.15) is 0 Å². The monoisotopic (exact) mass is 336 g/mol. The van der Waals surface area contributed by atoms with E-state index in [0.717, 1.165) is 32.7 Å². The van der Waals surface area contributed by atoms with Gasteiger partial charge in [-0.15, -0.1) is 10.2 Å². The highest BCUT2D eigenvalue weighted by atomic mass is 19.4. The molecule has 0 bridgehead atoms. The van der Waals surface area contributed by atoms with Crippen molar-refractivity contribution < 1.29 is 13.2 Å². The summed E-state index contributed by atoms with van der Waals surface area (Å²) in [5.74, 6) is 0.498. The van der Waals surface area contributed by atoms with E-state index in [-0.39, 0.29) is 5.56 Å². The molecule has 0 unspecified atom stereocenters. The van der Waals surface area contributed by atoms with Gasteiger partial charge in [0.2, 0.25) is 0 Å². The van der Waals surface area contributed by atoms with Gasteiger partial charge in [-0.05, 0) is 18.2 Å². The number of alkyl halides is 3. The average Bonchev–Trinajstić information content (AvgIpc) is 2.61. The van der Waals surface area contributed by atoms with Crippen LogP contribution in [0.25, 0.3) is 11.1 Å². The molecule has 2 aromatic rings. The maximum absolute atomic E-state index is 13.3. The van der Waals surface area contributed by atoms with E-state index >= 15 is 0 Å². The van der Waals surface area contributed by atoms with Crippen molar-refractivity contribution in [2.75, 3.05) is 37.6 Å². The van der Waals surface area contributed by atoms with E-state index in [9.17, 15) is 13.2 Å². The Bertz CT molecular complexity index is 680. The predicted molar refractivity (Wildman–Crippen MR) is 86.8 cm³/mol. The van der Waals surface area contributed by atoms with Crippen molar-refractivity contribution in [1.82, 2.24) is 15.1 Å². The summed E-state index contributed by atoms with van der Waals surface area (Å²) in [5, 5.41) is 7.35. The SMILES string of the molecule is CCN1CCN(c2cc(-c3ccccc3)c(C(F)(F)F)nn2)CC1. The normalized spacial score (nSPS) is 16.4. The minimum Gasteiger partial charge on any atom is -0.353 e. The molecule has 4 nitrogen and oxygen atoms in total. The van der Waals surface area contributed by atoms with E-state index in [1.165, 1.54) is 6.07 Å². The van der Waals surface area contributed by atoms with Crippen molar-refractivity contribution in [3.63, 3.8) is 0 Å². The minimum absolute atomic E-state index is 0.0750. The van der Waals surface area contributed by atoms with Crippen LogP contribution < -0.4 is 4.90 Å². The zero-order chi connectivity index (χ0) is 17.2. The molecule has 1 fully saturated rings. The summed E-state index contributed by atoms with van der Waals surface area (Å²) in [7, 11) is 0. The fourth-order valence-electron chi connectivity index (χ4n) is 2.88. The van der Waals surface area contributed by atoms with Gasteiger partial charge in [0, 0.05) is 31.7 Å². The van der Waals surface area contributed by atoms with Crippen molar-refractivity contribution in [1.29, 1.82) is 0 Å². The second kappa shape index (κ2) is 6.76. The fourth-order valence-corrected chi connectivity index (χ4v) is 2.88. The maximum atomic E-state index is 13.3. The molecule has 0 N–H and O–H groups in total. The van der Waals surface area contributed by atoms with Gasteiger partial charge in [-0.1, -0.05) is 37.3 Å². The summed E-state index contributed by atoms with van der Waals surface area (Å²) in [6.45, 7) is 6.30. The van der Waals surface area contributed by atoms with Crippen molar-refractivity contribution in [2.24, 2.45) is 0 Å². The number of piperazine rings is 1. The van der Waals surface area contributed by atoms with E-state index in [1.54, 1.807) is 30.3 Å². The molecule has 1 saturated heterocycles. The molecule has 1 aromatic carbocycles. The van der Waals surface area contributed by atoms with Crippen LogP contribution in [0.2, 0.25) is 0 Å². The molecular weight excluding hydrogens is 317 g/mol. The van der Waals surface area contributed by atoms with Crippen molar-refractivity contribution in [2.45, 2.75) is 13.1 Å². The Labute approximate surface area is 138 Å². The van der Waals surface area contributed by atoms with Crippen LogP contribution in [0.4, 0.5) is 19.0 Å². The molecule has 2 heterocycles. The third-order valence-electron chi connectivity index (χ3n) is 4.28. The summed E-state index contributed by atoms with van der Waals surface area (Å²) < 4.78 is 39.8. The lowest BCUT2D eigenvalue weighted by Gasteiger charge is -2.34. The molecule has 0 saturated carbocycles. The molecule has 24 heavy (non-hydrogen) atoms. The van der Waals surface area contributed by atoms with E-state index in [1.807, 2.05) is 4.90 Å². The molecule has 0 amide bonds. The molecule has 3 rings (SSSR count). The van der Waals surface area contributed by atoms with Gasteiger partial charge >= 0.3 is 6.18 Å². The van der Waals surface area contributed by atoms with Crippen molar-refractivity contribution in [3.8, 4) is 11.1 Å². The van der Waals surface area contributed by atoms with Gasteiger partial charge in [0.05, 0.1) is 0 Å². The highest BCUT2D eigenvalue weighted by molar-refractivity contribution is 5.69. The second-order valence-corrected chi connectivity index (χ2v) is 5.75. The number of benzene rings is 1. The van der Waals surface area contributed by atoms with Crippen LogP contribution in [0.3, 0.4) is 0 Å².